The van der Waals surface area contributed by atoms with Gasteiger partial charge in [0.2, 0.25) is 6.41 Å². The molecule has 178 valence electrons. The minimum Gasteiger partial charge on any atom is -0.497 e. The molecule has 6 heteroatoms. The molecule has 0 bridgehead atoms. The van der Waals surface area contributed by atoms with Crippen molar-refractivity contribution in [2.24, 2.45) is 0 Å². The van der Waals surface area contributed by atoms with E-state index < -0.39 is 0 Å². The van der Waals surface area contributed by atoms with E-state index in [1.165, 1.54) is 5.56 Å². The highest BCUT2D eigenvalue weighted by atomic mass is 16.5. The third-order valence-electron chi connectivity index (χ3n) is 4.76. The number of carbonyl (C=O) groups is 2. The van der Waals surface area contributed by atoms with E-state index in [2.05, 4.69) is 54.8 Å². The van der Waals surface area contributed by atoms with Crippen LogP contribution in [0.3, 0.4) is 0 Å². The molecule has 0 unspecified atom stereocenters. The van der Waals surface area contributed by atoms with Gasteiger partial charge in [0.25, 0.3) is 5.91 Å². The molecule has 0 saturated heterocycles. The Labute approximate surface area is 202 Å². The predicted molar refractivity (Wildman–Crippen MR) is 136 cm³/mol. The molecular weight excluding hydrogens is 426 g/mol. The standard InChI is InChI=1S/C11H14N2O3.C9H9N.C8H10/c1-16-10-4-2-9(3-5-10)11(15)13-7-6-12-8-14;1-2-8-5-3-4-6-9(8)7-10;1-2-8-6-4-3-5-7-8/h2-5,8H,6-7H2,1H3,(H,12,14)(H,13,15);3-6H,2H2,1H3;3-7H,2H2,1H3. The van der Waals surface area contributed by atoms with Crippen LogP contribution in [0.15, 0.2) is 78.9 Å². The van der Waals surface area contributed by atoms with Crippen molar-refractivity contribution in [2.75, 3.05) is 20.2 Å². The minimum atomic E-state index is -0.171. The Morgan fingerprint density at radius 1 is 0.912 bits per heavy atom. The van der Waals surface area contributed by atoms with Gasteiger partial charge in [0, 0.05) is 18.7 Å². The molecule has 0 atom stereocenters. The summed E-state index contributed by atoms with van der Waals surface area (Å²) in [4.78, 5) is 21.5. The van der Waals surface area contributed by atoms with Gasteiger partial charge in [0.1, 0.15) is 5.75 Å². The molecular formula is C28H33N3O3. The quantitative estimate of drug-likeness (QED) is 0.382. The molecule has 0 aromatic heterocycles. The molecule has 0 aliphatic heterocycles. The smallest absolute Gasteiger partial charge is 0.251 e. The first-order chi connectivity index (χ1) is 16.6. The van der Waals surface area contributed by atoms with E-state index in [1.807, 2.05) is 30.3 Å². The van der Waals surface area contributed by atoms with Crippen LogP contribution in [0.5, 0.6) is 5.75 Å². The number of nitrogens with one attached hydrogen (secondary N) is 2. The fourth-order valence-electron chi connectivity index (χ4n) is 2.80. The lowest BCUT2D eigenvalue weighted by Crippen LogP contribution is -2.31. The van der Waals surface area contributed by atoms with Gasteiger partial charge in [-0.3, -0.25) is 9.59 Å². The summed E-state index contributed by atoms with van der Waals surface area (Å²) in [6, 6.07) is 27.1. The van der Waals surface area contributed by atoms with Gasteiger partial charge >= 0.3 is 0 Å². The van der Waals surface area contributed by atoms with Gasteiger partial charge in [-0.1, -0.05) is 62.4 Å². The fourth-order valence-corrected chi connectivity index (χ4v) is 2.80. The van der Waals surface area contributed by atoms with Gasteiger partial charge in [0.15, 0.2) is 0 Å². The van der Waals surface area contributed by atoms with Gasteiger partial charge < -0.3 is 15.4 Å². The lowest BCUT2D eigenvalue weighted by Gasteiger charge is -2.05. The summed E-state index contributed by atoms with van der Waals surface area (Å²) >= 11 is 0. The number of nitriles is 1. The highest BCUT2D eigenvalue weighted by Gasteiger charge is 2.03. The van der Waals surface area contributed by atoms with Crippen LogP contribution in [0.1, 0.15) is 40.9 Å². The Morgan fingerprint density at radius 3 is 2.06 bits per heavy atom. The highest BCUT2D eigenvalue weighted by Crippen LogP contribution is 2.11. The Hall–Kier alpha value is -4.11. The van der Waals surface area contributed by atoms with Gasteiger partial charge in [-0.2, -0.15) is 5.26 Å². The summed E-state index contributed by atoms with van der Waals surface area (Å²) in [5.41, 5.74) is 3.90. The first kappa shape index (κ1) is 27.9. The lowest BCUT2D eigenvalue weighted by atomic mass is 10.1. The number of ether oxygens (including phenoxy) is 1. The first-order valence-electron chi connectivity index (χ1n) is 11.2. The molecule has 0 spiro atoms. The maximum atomic E-state index is 11.5. The Kier molecular flexibility index (Phi) is 14.3. The van der Waals surface area contributed by atoms with E-state index >= 15 is 0 Å². The molecule has 3 aromatic rings. The third kappa shape index (κ3) is 11.0. The summed E-state index contributed by atoms with van der Waals surface area (Å²) < 4.78 is 4.98. The number of aryl methyl sites for hydroxylation is 2. The molecule has 2 amide bonds. The molecule has 0 fully saturated rings. The van der Waals surface area contributed by atoms with Gasteiger partial charge in [-0.05, 0) is 54.3 Å². The van der Waals surface area contributed by atoms with Gasteiger partial charge in [-0.15, -0.1) is 0 Å². The van der Waals surface area contributed by atoms with Crippen molar-refractivity contribution in [1.29, 1.82) is 5.26 Å². The molecule has 0 heterocycles. The molecule has 0 aliphatic carbocycles. The molecule has 0 aliphatic rings. The Balaban J connectivity index is 0.000000274. The average Bonchev–Trinajstić information content (AvgIpc) is 2.92. The maximum Gasteiger partial charge on any atom is 0.251 e. The Morgan fingerprint density at radius 2 is 1.56 bits per heavy atom. The fraction of sp³-hybridized carbons (Fsp3) is 0.250. The minimum absolute atomic E-state index is 0.171. The number of hydrogen-bond acceptors (Lipinski definition) is 4. The van der Waals surface area contributed by atoms with Gasteiger partial charge in [0.05, 0.1) is 18.7 Å². The zero-order chi connectivity index (χ0) is 25.0. The van der Waals surface area contributed by atoms with Crippen molar-refractivity contribution < 1.29 is 14.3 Å². The number of benzene rings is 3. The molecule has 3 aromatic carbocycles. The van der Waals surface area contributed by atoms with Crippen molar-refractivity contribution in [3.63, 3.8) is 0 Å². The van der Waals surface area contributed by atoms with Crippen LogP contribution in [-0.4, -0.2) is 32.5 Å². The molecule has 3 rings (SSSR count). The highest BCUT2D eigenvalue weighted by molar-refractivity contribution is 5.94. The summed E-state index contributed by atoms with van der Waals surface area (Å²) in [5.74, 6) is 0.537. The van der Waals surface area contributed by atoms with E-state index in [0.717, 1.165) is 24.0 Å². The summed E-state index contributed by atoms with van der Waals surface area (Å²) in [7, 11) is 1.57. The molecule has 2 N–H and O–H groups in total. The second-order valence-corrected chi connectivity index (χ2v) is 7.02. The monoisotopic (exact) mass is 459 g/mol. The van der Waals surface area contributed by atoms with Crippen molar-refractivity contribution in [3.8, 4) is 11.8 Å². The number of methoxy groups -OCH3 is 1. The van der Waals surface area contributed by atoms with Crippen LogP contribution >= 0.6 is 0 Å². The van der Waals surface area contributed by atoms with Crippen LogP contribution < -0.4 is 15.4 Å². The maximum absolute atomic E-state index is 11.5. The van der Waals surface area contributed by atoms with Crippen LogP contribution in [-0.2, 0) is 17.6 Å². The number of amides is 2. The van der Waals surface area contributed by atoms with Crippen molar-refractivity contribution in [3.05, 3.63) is 101 Å². The summed E-state index contributed by atoms with van der Waals surface area (Å²) in [6.45, 7) is 5.04. The number of rotatable bonds is 8. The summed E-state index contributed by atoms with van der Waals surface area (Å²) in [5, 5.41) is 13.7. The Bertz CT molecular complexity index is 1010. The summed E-state index contributed by atoms with van der Waals surface area (Å²) in [6.07, 6.45) is 2.67. The largest absolute Gasteiger partial charge is 0.497 e. The molecule has 34 heavy (non-hydrogen) atoms. The first-order valence-corrected chi connectivity index (χ1v) is 11.2. The van der Waals surface area contributed by atoms with Crippen LogP contribution in [0.25, 0.3) is 0 Å². The van der Waals surface area contributed by atoms with E-state index in [0.29, 0.717) is 30.8 Å². The van der Waals surface area contributed by atoms with E-state index in [1.54, 1.807) is 31.4 Å². The van der Waals surface area contributed by atoms with E-state index in [9.17, 15) is 9.59 Å². The van der Waals surface area contributed by atoms with Crippen LogP contribution in [0.2, 0.25) is 0 Å². The topological polar surface area (TPSA) is 91.2 Å². The van der Waals surface area contributed by atoms with Crippen molar-refractivity contribution >= 4 is 12.3 Å². The van der Waals surface area contributed by atoms with Crippen molar-refractivity contribution in [2.45, 2.75) is 26.7 Å². The van der Waals surface area contributed by atoms with Crippen LogP contribution in [0, 0.1) is 11.3 Å². The SMILES string of the molecule is CCc1ccccc1.CCc1ccccc1C#N.COc1ccc(C(=O)NCCNC=O)cc1. The average molecular weight is 460 g/mol. The van der Waals surface area contributed by atoms with Gasteiger partial charge in [-0.25, -0.2) is 0 Å². The second-order valence-electron chi connectivity index (χ2n) is 7.02. The third-order valence-corrected chi connectivity index (χ3v) is 4.76. The van der Waals surface area contributed by atoms with Crippen LogP contribution in [0.4, 0.5) is 0 Å². The van der Waals surface area contributed by atoms with Crippen molar-refractivity contribution in [1.82, 2.24) is 10.6 Å². The van der Waals surface area contributed by atoms with E-state index in [-0.39, 0.29) is 5.91 Å². The molecule has 0 radical (unpaired) electrons. The second kappa shape index (κ2) is 17.4. The number of nitrogens with zero attached hydrogens (tertiary/aromatic N) is 1. The normalized spacial score (nSPS) is 9.12. The molecule has 0 saturated carbocycles. The number of hydrogen-bond donors (Lipinski definition) is 2. The lowest BCUT2D eigenvalue weighted by molar-refractivity contribution is -0.109. The molecule has 6 nitrogen and oxygen atoms in total. The zero-order valence-corrected chi connectivity index (χ0v) is 20.1. The van der Waals surface area contributed by atoms with E-state index in [4.69, 9.17) is 10.00 Å². The number of carbonyl (C=O) groups excluding carboxylic acids is 2. The zero-order valence-electron chi connectivity index (χ0n) is 20.1. The predicted octanol–water partition coefficient (Wildman–Crippen LogP) is 4.54.